The van der Waals surface area contributed by atoms with E-state index >= 15 is 0 Å². The number of carbonyl (C=O) groups excluding carboxylic acids is 1. The van der Waals surface area contributed by atoms with Gasteiger partial charge in [0, 0.05) is 45.0 Å². The van der Waals surface area contributed by atoms with Gasteiger partial charge in [0.05, 0.1) is 5.75 Å². The van der Waals surface area contributed by atoms with Gasteiger partial charge in [-0.05, 0) is 44.2 Å². The van der Waals surface area contributed by atoms with Crippen LogP contribution in [-0.2, 0) is 16.6 Å². The van der Waals surface area contributed by atoms with Gasteiger partial charge in [0.15, 0.2) is 0 Å². The maximum atomic E-state index is 12.1. The molecule has 150 valence electrons. The van der Waals surface area contributed by atoms with E-state index in [2.05, 4.69) is 20.5 Å². The number of aromatic nitrogens is 1. The van der Waals surface area contributed by atoms with E-state index in [1.807, 2.05) is 18.3 Å². The van der Waals surface area contributed by atoms with Crippen LogP contribution in [0.25, 0.3) is 0 Å². The number of nitrogens with zero attached hydrogens (tertiary/aromatic N) is 3. The average Bonchev–Trinajstić information content (AvgIpc) is 3.22. The summed E-state index contributed by atoms with van der Waals surface area (Å²) >= 11 is 0. The monoisotopic (exact) mass is 395 g/mol. The Bertz CT molecular complexity index is 724. The first-order valence-corrected chi connectivity index (χ1v) is 11.3. The van der Waals surface area contributed by atoms with Crippen LogP contribution in [0.15, 0.2) is 18.3 Å². The standard InChI is InChI=1S/C18H29N5O3S/c1-2-27(25,26)23-11-7-16(8-12-23)21-18(24)20-14-15-5-6-17(19-13-15)22-9-3-4-10-22/h5-6,13,16H,2-4,7-12,14H2,1H3,(H2,20,21,24). The van der Waals surface area contributed by atoms with E-state index in [9.17, 15) is 13.2 Å². The molecule has 0 bridgehead atoms. The molecule has 8 nitrogen and oxygen atoms in total. The van der Waals surface area contributed by atoms with Gasteiger partial charge in [0.2, 0.25) is 10.0 Å². The number of pyridine rings is 1. The molecule has 0 saturated carbocycles. The van der Waals surface area contributed by atoms with Gasteiger partial charge in [-0.1, -0.05) is 6.07 Å². The highest BCUT2D eigenvalue weighted by Crippen LogP contribution is 2.17. The summed E-state index contributed by atoms with van der Waals surface area (Å²) in [6.45, 7) is 5.12. The van der Waals surface area contributed by atoms with Crippen molar-refractivity contribution in [2.24, 2.45) is 0 Å². The number of nitrogens with one attached hydrogen (secondary N) is 2. The molecule has 0 aromatic carbocycles. The number of rotatable bonds is 6. The number of hydrogen-bond acceptors (Lipinski definition) is 5. The minimum atomic E-state index is -3.13. The van der Waals surface area contributed by atoms with Crippen molar-refractivity contribution in [1.82, 2.24) is 19.9 Å². The van der Waals surface area contributed by atoms with Crippen LogP contribution in [0.3, 0.4) is 0 Å². The van der Waals surface area contributed by atoms with Gasteiger partial charge < -0.3 is 15.5 Å². The molecular formula is C18H29N5O3S. The highest BCUT2D eigenvalue weighted by atomic mass is 32.2. The lowest BCUT2D eigenvalue weighted by atomic mass is 10.1. The molecule has 2 fully saturated rings. The van der Waals surface area contributed by atoms with E-state index in [4.69, 9.17) is 0 Å². The molecule has 1 aromatic heterocycles. The molecule has 1 aromatic rings. The summed E-state index contributed by atoms with van der Waals surface area (Å²) in [5.74, 6) is 1.12. The molecule has 2 aliphatic rings. The number of sulfonamides is 1. The van der Waals surface area contributed by atoms with Gasteiger partial charge in [-0.25, -0.2) is 22.5 Å². The minimum absolute atomic E-state index is 0.00368. The number of urea groups is 1. The first kappa shape index (κ1) is 19.9. The van der Waals surface area contributed by atoms with Crippen molar-refractivity contribution in [3.63, 3.8) is 0 Å². The van der Waals surface area contributed by atoms with E-state index in [0.717, 1.165) is 24.5 Å². The molecule has 9 heteroatoms. The fraction of sp³-hybridized carbons (Fsp3) is 0.667. The molecule has 3 heterocycles. The second kappa shape index (κ2) is 8.88. The Kier molecular flexibility index (Phi) is 6.54. The number of piperidine rings is 1. The largest absolute Gasteiger partial charge is 0.357 e. The summed E-state index contributed by atoms with van der Waals surface area (Å²) in [4.78, 5) is 18.9. The quantitative estimate of drug-likeness (QED) is 0.757. The summed E-state index contributed by atoms with van der Waals surface area (Å²) < 4.78 is 25.2. The fourth-order valence-corrected chi connectivity index (χ4v) is 4.67. The predicted octanol–water partition coefficient (Wildman–Crippen LogP) is 1.30. The second-order valence-corrected chi connectivity index (χ2v) is 9.38. The van der Waals surface area contributed by atoms with E-state index in [1.165, 1.54) is 17.1 Å². The van der Waals surface area contributed by atoms with Crippen molar-refractivity contribution in [3.05, 3.63) is 23.9 Å². The molecule has 3 rings (SSSR count). The van der Waals surface area contributed by atoms with E-state index in [-0.39, 0.29) is 17.8 Å². The van der Waals surface area contributed by atoms with Gasteiger partial charge in [-0.3, -0.25) is 0 Å². The van der Waals surface area contributed by atoms with E-state index in [1.54, 1.807) is 6.92 Å². The van der Waals surface area contributed by atoms with Crippen LogP contribution in [0, 0.1) is 0 Å². The Hall–Kier alpha value is -1.87. The Morgan fingerprint density at radius 2 is 1.89 bits per heavy atom. The number of hydrogen-bond donors (Lipinski definition) is 2. The van der Waals surface area contributed by atoms with Crippen molar-refractivity contribution >= 4 is 21.9 Å². The number of carbonyl (C=O) groups is 1. The first-order chi connectivity index (χ1) is 13.0. The Balaban J connectivity index is 1.40. The van der Waals surface area contributed by atoms with Gasteiger partial charge >= 0.3 is 6.03 Å². The molecule has 0 spiro atoms. The van der Waals surface area contributed by atoms with Crippen LogP contribution in [0.1, 0.15) is 38.2 Å². The molecule has 2 N–H and O–H groups in total. The van der Waals surface area contributed by atoms with E-state index < -0.39 is 10.0 Å². The summed E-state index contributed by atoms with van der Waals surface area (Å²) in [7, 11) is -3.13. The smallest absolute Gasteiger partial charge is 0.315 e. The molecule has 2 aliphatic heterocycles. The average molecular weight is 396 g/mol. The van der Waals surface area contributed by atoms with Crippen molar-refractivity contribution in [1.29, 1.82) is 0 Å². The molecule has 0 unspecified atom stereocenters. The lowest BCUT2D eigenvalue weighted by Gasteiger charge is -2.31. The van der Waals surface area contributed by atoms with Crippen molar-refractivity contribution in [2.75, 3.05) is 36.8 Å². The van der Waals surface area contributed by atoms with Crippen LogP contribution in [0.5, 0.6) is 0 Å². The van der Waals surface area contributed by atoms with Crippen molar-refractivity contribution < 1.29 is 13.2 Å². The Morgan fingerprint density at radius 3 is 2.48 bits per heavy atom. The predicted molar refractivity (Wildman–Crippen MR) is 105 cm³/mol. The third kappa shape index (κ3) is 5.32. The molecule has 0 radical (unpaired) electrons. The van der Waals surface area contributed by atoms with Crippen LogP contribution < -0.4 is 15.5 Å². The lowest BCUT2D eigenvalue weighted by molar-refractivity contribution is 0.227. The van der Waals surface area contributed by atoms with Crippen LogP contribution >= 0.6 is 0 Å². The van der Waals surface area contributed by atoms with Gasteiger partial charge in [0.25, 0.3) is 0 Å². The third-order valence-corrected chi connectivity index (χ3v) is 7.12. The summed E-state index contributed by atoms with van der Waals surface area (Å²) in [5, 5.41) is 5.79. The minimum Gasteiger partial charge on any atom is -0.357 e. The second-order valence-electron chi connectivity index (χ2n) is 7.12. The highest BCUT2D eigenvalue weighted by molar-refractivity contribution is 7.89. The fourth-order valence-electron chi connectivity index (χ4n) is 3.53. The summed E-state index contributed by atoms with van der Waals surface area (Å²) in [6.07, 6.45) is 5.52. The van der Waals surface area contributed by atoms with Crippen LogP contribution in [0.2, 0.25) is 0 Å². The maximum Gasteiger partial charge on any atom is 0.315 e. The zero-order valence-corrected chi connectivity index (χ0v) is 16.7. The lowest BCUT2D eigenvalue weighted by Crippen LogP contribution is -2.49. The Morgan fingerprint density at radius 1 is 1.19 bits per heavy atom. The zero-order valence-electron chi connectivity index (χ0n) is 15.9. The van der Waals surface area contributed by atoms with Gasteiger partial charge in [0.1, 0.15) is 5.82 Å². The normalized spacial score (nSPS) is 19.2. The van der Waals surface area contributed by atoms with Crippen molar-refractivity contribution in [2.45, 2.75) is 45.2 Å². The first-order valence-electron chi connectivity index (χ1n) is 9.70. The van der Waals surface area contributed by atoms with E-state index in [0.29, 0.717) is 32.5 Å². The molecular weight excluding hydrogens is 366 g/mol. The number of anilines is 1. The molecule has 0 aliphatic carbocycles. The van der Waals surface area contributed by atoms with Gasteiger partial charge in [-0.2, -0.15) is 0 Å². The van der Waals surface area contributed by atoms with Crippen LogP contribution in [-0.4, -0.2) is 61.7 Å². The summed E-state index contributed by atoms with van der Waals surface area (Å²) in [5.41, 5.74) is 0.956. The zero-order chi connectivity index (χ0) is 19.3. The maximum absolute atomic E-state index is 12.1. The topological polar surface area (TPSA) is 94.6 Å². The Labute approximate surface area is 161 Å². The summed E-state index contributed by atoms with van der Waals surface area (Å²) in [6, 6.07) is 3.78. The molecule has 2 amide bonds. The highest BCUT2D eigenvalue weighted by Gasteiger charge is 2.27. The van der Waals surface area contributed by atoms with Crippen LogP contribution in [0.4, 0.5) is 10.6 Å². The molecule has 0 atom stereocenters. The molecule has 27 heavy (non-hydrogen) atoms. The third-order valence-electron chi connectivity index (χ3n) is 5.24. The molecule has 2 saturated heterocycles. The number of amides is 2. The van der Waals surface area contributed by atoms with Crippen molar-refractivity contribution in [3.8, 4) is 0 Å². The SMILES string of the molecule is CCS(=O)(=O)N1CCC(NC(=O)NCc2ccc(N3CCCC3)nc2)CC1. The van der Waals surface area contributed by atoms with Gasteiger partial charge in [-0.15, -0.1) is 0 Å².